The van der Waals surface area contributed by atoms with Gasteiger partial charge in [0.2, 0.25) is 0 Å². The van der Waals surface area contributed by atoms with Crippen LogP contribution in [0.25, 0.3) is 0 Å². The molecule has 0 heterocycles. The summed E-state index contributed by atoms with van der Waals surface area (Å²) in [5, 5.41) is 10.5. The molecular formula is C13H16O. The van der Waals surface area contributed by atoms with Gasteiger partial charge in [0.05, 0.1) is 5.60 Å². The molecule has 0 amide bonds. The second kappa shape index (κ2) is 3.25. The SMILES string of the molecule is C=CCC1(O)c2ccccc2CC1C. The topological polar surface area (TPSA) is 20.2 Å². The maximum atomic E-state index is 10.5. The highest BCUT2D eigenvalue weighted by Crippen LogP contribution is 2.43. The van der Waals surface area contributed by atoms with Gasteiger partial charge in [0.25, 0.3) is 0 Å². The third-order valence-corrected chi connectivity index (χ3v) is 3.28. The van der Waals surface area contributed by atoms with Crippen molar-refractivity contribution in [2.45, 2.75) is 25.4 Å². The van der Waals surface area contributed by atoms with Crippen molar-refractivity contribution >= 4 is 0 Å². The second-order valence-electron chi connectivity index (χ2n) is 4.18. The summed E-state index contributed by atoms with van der Waals surface area (Å²) in [6, 6.07) is 8.16. The van der Waals surface area contributed by atoms with Crippen LogP contribution in [0.5, 0.6) is 0 Å². The molecule has 2 rings (SSSR count). The van der Waals surface area contributed by atoms with E-state index in [1.165, 1.54) is 5.56 Å². The molecule has 0 saturated heterocycles. The molecule has 0 aromatic heterocycles. The third kappa shape index (κ3) is 1.20. The molecule has 1 heteroatoms. The Balaban J connectivity index is 2.48. The van der Waals surface area contributed by atoms with Crippen LogP contribution in [-0.2, 0) is 12.0 Å². The van der Waals surface area contributed by atoms with Crippen LogP contribution in [0.15, 0.2) is 36.9 Å². The van der Waals surface area contributed by atoms with E-state index in [-0.39, 0.29) is 5.92 Å². The average Bonchev–Trinajstić information content (AvgIpc) is 2.41. The molecule has 1 N–H and O–H groups in total. The van der Waals surface area contributed by atoms with Gasteiger partial charge in [0, 0.05) is 0 Å². The van der Waals surface area contributed by atoms with Crippen LogP contribution in [0, 0.1) is 5.92 Å². The monoisotopic (exact) mass is 188 g/mol. The van der Waals surface area contributed by atoms with Crippen LogP contribution in [0.2, 0.25) is 0 Å². The fraction of sp³-hybridized carbons (Fsp3) is 0.385. The molecule has 1 aromatic rings. The molecule has 1 nitrogen and oxygen atoms in total. The standard InChI is InChI=1S/C13H16O/c1-3-8-13(14)10(2)9-11-6-4-5-7-12(11)13/h3-7,10,14H,1,8-9H2,2H3. The number of fused-ring (bicyclic) bond motifs is 1. The van der Waals surface area contributed by atoms with Gasteiger partial charge in [-0.05, 0) is 29.9 Å². The van der Waals surface area contributed by atoms with Crippen molar-refractivity contribution in [3.8, 4) is 0 Å². The van der Waals surface area contributed by atoms with E-state index >= 15 is 0 Å². The quantitative estimate of drug-likeness (QED) is 0.707. The molecule has 1 aliphatic rings. The highest BCUT2D eigenvalue weighted by atomic mass is 16.3. The third-order valence-electron chi connectivity index (χ3n) is 3.28. The lowest BCUT2D eigenvalue weighted by Crippen LogP contribution is -2.28. The van der Waals surface area contributed by atoms with Gasteiger partial charge in [-0.1, -0.05) is 37.3 Å². The molecule has 0 radical (unpaired) electrons. The van der Waals surface area contributed by atoms with Gasteiger partial charge in [0.1, 0.15) is 0 Å². The lowest BCUT2D eigenvalue weighted by atomic mass is 9.85. The van der Waals surface area contributed by atoms with E-state index < -0.39 is 5.60 Å². The zero-order valence-corrected chi connectivity index (χ0v) is 8.53. The van der Waals surface area contributed by atoms with Crippen LogP contribution in [-0.4, -0.2) is 5.11 Å². The van der Waals surface area contributed by atoms with Crippen molar-refractivity contribution < 1.29 is 5.11 Å². The summed E-state index contributed by atoms with van der Waals surface area (Å²) < 4.78 is 0. The zero-order chi connectivity index (χ0) is 10.2. The number of benzene rings is 1. The normalized spacial score (nSPS) is 30.0. The molecular weight excluding hydrogens is 172 g/mol. The Kier molecular flexibility index (Phi) is 2.20. The maximum absolute atomic E-state index is 10.5. The predicted octanol–water partition coefficient (Wildman–Crippen LogP) is 2.64. The van der Waals surface area contributed by atoms with Crippen molar-refractivity contribution in [3.63, 3.8) is 0 Å². The van der Waals surface area contributed by atoms with Gasteiger partial charge in [-0.15, -0.1) is 6.58 Å². The van der Waals surface area contributed by atoms with E-state index in [4.69, 9.17) is 0 Å². The Labute approximate surface area is 85.1 Å². The molecule has 74 valence electrons. The van der Waals surface area contributed by atoms with Crippen LogP contribution in [0.4, 0.5) is 0 Å². The molecule has 0 bridgehead atoms. The minimum atomic E-state index is -0.682. The van der Waals surface area contributed by atoms with E-state index in [1.807, 2.05) is 18.2 Å². The summed E-state index contributed by atoms with van der Waals surface area (Å²) in [6.45, 7) is 5.82. The fourth-order valence-corrected chi connectivity index (χ4v) is 2.42. The summed E-state index contributed by atoms with van der Waals surface area (Å²) in [5.41, 5.74) is 1.69. The van der Waals surface area contributed by atoms with Crippen LogP contribution < -0.4 is 0 Å². The molecule has 0 spiro atoms. The van der Waals surface area contributed by atoms with Crippen LogP contribution in [0.1, 0.15) is 24.5 Å². The molecule has 0 saturated carbocycles. The van der Waals surface area contributed by atoms with Gasteiger partial charge in [0.15, 0.2) is 0 Å². The highest BCUT2D eigenvalue weighted by molar-refractivity contribution is 5.38. The Hall–Kier alpha value is -1.08. The molecule has 14 heavy (non-hydrogen) atoms. The zero-order valence-electron chi connectivity index (χ0n) is 8.53. The minimum absolute atomic E-state index is 0.290. The summed E-state index contributed by atoms with van der Waals surface area (Å²) in [7, 11) is 0. The minimum Gasteiger partial charge on any atom is -0.385 e. The Morgan fingerprint density at radius 3 is 3.00 bits per heavy atom. The second-order valence-corrected chi connectivity index (χ2v) is 4.18. The summed E-state index contributed by atoms with van der Waals surface area (Å²) >= 11 is 0. The molecule has 1 aromatic carbocycles. The summed E-state index contributed by atoms with van der Waals surface area (Å²) in [5.74, 6) is 0.290. The average molecular weight is 188 g/mol. The van der Waals surface area contributed by atoms with Gasteiger partial charge in [-0.3, -0.25) is 0 Å². The molecule has 2 unspecified atom stereocenters. The maximum Gasteiger partial charge on any atom is 0.0961 e. The van der Waals surface area contributed by atoms with E-state index in [0.29, 0.717) is 6.42 Å². The van der Waals surface area contributed by atoms with Gasteiger partial charge >= 0.3 is 0 Å². The van der Waals surface area contributed by atoms with Crippen molar-refractivity contribution in [2.24, 2.45) is 5.92 Å². The van der Waals surface area contributed by atoms with Crippen molar-refractivity contribution in [1.29, 1.82) is 0 Å². The van der Waals surface area contributed by atoms with E-state index in [2.05, 4.69) is 19.6 Å². The van der Waals surface area contributed by atoms with Gasteiger partial charge in [-0.25, -0.2) is 0 Å². The Bertz CT molecular complexity index is 356. The largest absolute Gasteiger partial charge is 0.385 e. The van der Waals surface area contributed by atoms with Crippen molar-refractivity contribution in [1.82, 2.24) is 0 Å². The lowest BCUT2D eigenvalue weighted by molar-refractivity contribution is -0.00119. The van der Waals surface area contributed by atoms with Crippen LogP contribution in [0.3, 0.4) is 0 Å². The highest BCUT2D eigenvalue weighted by Gasteiger charge is 2.41. The van der Waals surface area contributed by atoms with Crippen LogP contribution >= 0.6 is 0 Å². The first-order chi connectivity index (χ1) is 6.68. The predicted molar refractivity (Wildman–Crippen MR) is 58.0 cm³/mol. The first kappa shape index (κ1) is 9.47. The van der Waals surface area contributed by atoms with Gasteiger partial charge < -0.3 is 5.11 Å². The smallest absolute Gasteiger partial charge is 0.0961 e. The number of hydrogen-bond acceptors (Lipinski definition) is 1. The van der Waals surface area contributed by atoms with E-state index in [0.717, 1.165) is 12.0 Å². The molecule has 1 aliphatic carbocycles. The van der Waals surface area contributed by atoms with Crippen molar-refractivity contribution in [2.75, 3.05) is 0 Å². The van der Waals surface area contributed by atoms with Crippen molar-refractivity contribution in [3.05, 3.63) is 48.0 Å². The van der Waals surface area contributed by atoms with E-state index in [9.17, 15) is 5.11 Å². The first-order valence-electron chi connectivity index (χ1n) is 5.10. The number of aliphatic hydroxyl groups is 1. The molecule has 0 fully saturated rings. The number of hydrogen-bond donors (Lipinski definition) is 1. The van der Waals surface area contributed by atoms with Gasteiger partial charge in [-0.2, -0.15) is 0 Å². The van der Waals surface area contributed by atoms with E-state index in [1.54, 1.807) is 6.08 Å². The molecule has 0 aliphatic heterocycles. The Morgan fingerprint density at radius 2 is 2.29 bits per heavy atom. The first-order valence-corrected chi connectivity index (χ1v) is 5.10. The Morgan fingerprint density at radius 1 is 1.57 bits per heavy atom. The summed E-state index contributed by atoms with van der Waals surface area (Å²) in [4.78, 5) is 0. The fourth-order valence-electron chi connectivity index (χ4n) is 2.42. The number of rotatable bonds is 2. The molecule has 2 atom stereocenters. The lowest BCUT2D eigenvalue weighted by Gasteiger charge is -2.27. The summed E-state index contributed by atoms with van der Waals surface area (Å²) in [6.07, 6.45) is 3.42.